The van der Waals surface area contributed by atoms with Gasteiger partial charge in [0.2, 0.25) is 0 Å². The van der Waals surface area contributed by atoms with E-state index >= 15 is 0 Å². The summed E-state index contributed by atoms with van der Waals surface area (Å²) in [6, 6.07) is 27.6. The first kappa shape index (κ1) is 19.8. The van der Waals surface area contributed by atoms with E-state index in [9.17, 15) is 9.59 Å². The van der Waals surface area contributed by atoms with E-state index in [-0.39, 0.29) is 11.6 Å². The average molecular weight is 370 g/mol. The van der Waals surface area contributed by atoms with Crippen LogP contribution in [0.2, 0.25) is 0 Å². The van der Waals surface area contributed by atoms with Crippen LogP contribution in [-0.4, -0.2) is 11.6 Å². The van der Waals surface area contributed by atoms with Crippen molar-refractivity contribution in [3.8, 4) is 0 Å². The molecule has 3 aromatic carbocycles. The summed E-state index contributed by atoms with van der Waals surface area (Å²) in [4.78, 5) is 25.0. The van der Waals surface area contributed by atoms with Crippen LogP contribution in [0.5, 0.6) is 0 Å². The molecule has 3 rings (SSSR count). The third kappa shape index (κ3) is 6.02. The summed E-state index contributed by atoms with van der Waals surface area (Å²) in [6.45, 7) is 0. The molecule has 0 fully saturated rings. The van der Waals surface area contributed by atoms with Gasteiger partial charge in [-0.25, -0.2) is 0 Å². The van der Waals surface area contributed by atoms with Crippen molar-refractivity contribution in [1.82, 2.24) is 0 Å². The first-order valence-corrected chi connectivity index (χ1v) is 9.97. The summed E-state index contributed by atoms with van der Waals surface area (Å²) < 4.78 is 0. The second-order valence-electron chi connectivity index (χ2n) is 7.11. The lowest BCUT2D eigenvalue weighted by Gasteiger charge is -2.06. The molecule has 0 heterocycles. The number of carbonyl (C=O) groups is 2. The minimum Gasteiger partial charge on any atom is -0.294 e. The maximum Gasteiger partial charge on any atom is 0.162 e. The van der Waals surface area contributed by atoms with Crippen molar-refractivity contribution < 1.29 is 9.59 Å². The molecule has 0 amide bonds. The Morgan fingerprint density at radius 1 is 0.536 bits per heavy atom. The van der Waals surface area contributed by atoms with Crippen LogP contribution in [0.25, 0.3) is 0 Å². The fraction of sp³-hybridized carbons (Fsp3) is 0.231. The first-order valence-electron chi connectivity index (χ1n) is 9.97. The molecule has 0 aromatic heterocycles. The Balaban J connectivity index is 1.49. The van der Waals surface area contributed by atoms with Gasteiger partial charge < -0.3 is 0 Å². The van der Waals surface area contributed by atoms with Crippen LogP contribution in [0, 0.1) is 0 Å². The van der Waals surface area contributed by atoms with Gasteiger partial charge in [-0.1, -0.05) is 78.9 Å². The fourth-order valence-electron chi connectivity index (χ4n) is 3.35. The summed E-state index contributed by atoms with van der Waals surface area (Å²) in [5.74, 6) is 0.213. The third-order valence-electron chi connectivity index (χ3n) is 4.93. The van der Waals surface area contributed by atoms with Crippen LogP contribution in [0.4, 0.5) is 0 Å². The Bertz CT molecular complexity index is 825. The Hall–Kier alpha value is -3.00. The number of hydrogen-bond donors (Lipinski definition) is 0. The molecule has 0 atom stereocenters. The normalized spacial score (nSPS) is 10.6. The summed E-state index contributed by atoms with van der Waals surface area (Å²) in [6.07, 6.45) is 4.42. The van der Waals surface area contributed by atoms with Crippen molar-refractivity contribution in [1.29, 1.82) is 0 Å². The smallest absolute Gasteiger partial charge is 0.162 e. The second-order valence-corrected chi connectivity index (χ2v) is 7.11. The number of carbonyl (C=O) groups excluding carboxylic acids is 2. The zero-order chi connectivity index (χ0) is 19.6. The van der Waals surface area contributed by atoms with Crippen molar-refractivity contribution in [2.45, 2.75) is 38.5 Å². The summed E-state index contributed by atoms with van der Waals surface area (Å²) in [5.41, 5.74) is 3.78. The van der Waals surface area contributed by atoms with Gasteiger partial charge in [-0.3, -0.25) is 9.59 Å². The predicted molar refractivity (Wildman–Crippen MR) is 114 cm³/mol. The lowest BCUT2D eigenvalue weighted by atomic mass is 9.98. The number of hydrogen-bond acceptors (Lipinski definition) is 2. The molecule has 28 heavy (non-hydrogen) atoms. The molecule has 0 aliphatic rings. The molecule has 2 heteroatoms. The highest BCUT2D eigenvalue weighted by molar-refractivity contribution is 6.01. The molecule has 0 radical (unpaired) electrons. The van der Waals surface area contributed by atoms with Crippen LogP contribution in [0.15, 0.2) is 84.9 Å². The summed E-state index contributed by atoms with van der Waals surface area (Å²) in [5, 5.41) is 0. The largest absolute Gasteiger partial charge is 0.294 e. The van der Waals surface area contributed by atoms with Gasteiger partial charge in [-0.15, -0.1) is 0 Å². The highest BCUT2D eigenvalue weighted by Crippen LogP contribution is 2.14. The van der Waals surface area contributed by atoms with Gasteiger partial charge in [0.15, 0.2) is 11.6 Å². The van der Waals surface area contributed by atoms with Crippen LogP contribution >= 0.6 is 0 Å². The minimum absolute atomic E-state index is 0.106. The molecule has 3 aromatic rings. The molecule has 2 nitrogen and oxygen atoms in total. The molecule has 0 N–H and O–H groups in total. The van der Waals surface area contributed by atoms with Gasteiger partial charge in [0.1, 0.15) is 0 Å². The van der Waals surface area contributed by atoms with Gasteiger partial charge >= 0.3 is 0 Å². The molecule has 0 spiro atoms. The fourth-order valence-corrected chi connectivity index (χ4v) is 3.35. The highest BCUT2D eigenvalue weighted by atomic mass is 16.1. The molecule has 0 saturated heterocycles. The maximum atomic E-state index is 12.5. The molecule has 0 unspecified atom stereocenters. The highest BCUT2D eigenvalue weighted by Gasteiger charge is 2.11. The summed E-state index contributed by atoms with van der Waals surface area (Å²) in [7, 11) is 0. The van der Waals surface area contributed by atoms with Crippen LogP contribution in [0.1, 0.15) is 57.5 Å². The SMILES string of the molecule is O=C(CCCc1ccccc1)c1cccc(C(=O)CCCc2ccccc2)c1. The van der Waals surface area contributed by atoms with Crippen molar-refractivity contribution in [2.24, 2.45) is 0 Å². The van der Waals surface area contributed by atoms with E-state index in [4.69, 9.17) is 0 Å². The lowest BCUT2D eigenvalue weighted by molar-refractivity contribution is 0.0979. The van der Waals surface area contributed by atoms with E-state index in [1.165, 1.54) is 11.1 Å². The van der Waals surface area contributed by atoms with Crippen molar-refractivity contribution in [3.63, 3.8) is 0 Å². The first-order chi connectivity index (χ1) is 13.7. The molecule has 0 aliphatic carbocycles. The number of aryl methyl sites for hydroxylation is 2. The van der Waals surface area contributed by atoms with Crippen molar-refractivity contribution >= 4 is 11.6 Å². The number of Topliss-reactive ketones (excluding diaryl/α,β-unsaturated/α-hetero) is 2. The third-order valence-corrected chi connectivity index (χ3v) is 4.93. The number of benzene rings is 3. The van der Waals surface area contributed by atoms with Gasteiger partial charge in [-0.2, -0.15) is 0 Å². The topological polar surface area (TPSA) is 34.1 Å². The van der Waals surface area contributed by atoms with Crippen LogP contribution in [-0.2, 0) is 12.8 Å². The minimum atomic E-state index is 0.106. The van der Waals surface area contributed by atoms with E-state index in [0.29, 0.717) is 24.0 Å². The van der Waals surface area contributed by atoms with E-state index in [0.717, 1.165) is 25.7 Å². The Labute approximate surface area is 167 Å². The van der Waals surface area contributed by atoms with Gasteiger partial charge in [0.25, 0.3) is 0 Å². The number of rotatable bonds is 10. The van der Waals surface area contributed by atoms with Gasteiger partial charge in [0, 0.05) is 24.0 Å². The number of ketones is 2. The predicted octanol–water partition coefficient (Wildman–Crippen LogP) is 6.10. The average Bonchev–Trinajstić information content (AvgIpc) is 2.75. The Morgan fingerprint density at radius 2 is 0.964 bits per heavy atom. The molecule has 0 bridgehead atoms. The van der Waals surface area contributed by atoms with E-state index in [1.807, 2.05) is 54.6 Å². The standard InChI is InChI=1S/C26H26O2/c27-25(18-7-14-21-10-3-1-4-11-21)23-16-9-17-24(20-23)26(28)19-8-15-22-12-5-2-6-13-22/h1-6,9-13,16-17,20H,7-8,14-15,18-19H2. The van der Waals surface area contributed by atoms with E-state index in [2.05, 4.69) is 24.3 Å². The van der Waals surface area contributed by atoms with Crippen molar-refractivity contribution in [2.75, 3.05) is 0 Å². The monoisotopic (exact) mass is 370 g/mol. The van der Waals surface area contributed by atoms with E-state index in [1.54, 1.807) is 6.07 Å². The van der Waals surface area contributed by atoms with Gasteiger partial charge in [-0.05, 0) is 42.9 Å². The lowest BCUT2D eigenvalue weighted by Crippen LogP contribution is -2.04. The van der Waals surface area contributed by atoms with Crippen LogP contribution in [0.3, 0.4) is 0 Å². The second kappa shape index (κ2) is 10.4. The zero-order valence-electron chi connectivity index (χ0n) is 16.1. The maximum absolute atomic E-state index is 12.5. The Morgan fingerprint density at radius 3 is 1.39 bits per heavy atom. The van der Waals surface area contributed by atoms with Gasteiger partial charge in [0.05, 0.1) is 0 Å². The Kier molecular flexibility index (Phi) is 7.31. The quantitative estimate of drug-likeness (QED) is 0.404. The molecular weight excluding hydrogens is 344 g/mol. The van der Waals surface area contributed by atoms with Crippen molar-refractivity contribution in [3.05, 3.63) is 107 Å². The van der Waals surface area contributed by atoms with Crippen LogP contribution < -0.4 is 0 Å². The molecular formula is C26H26O2. The van der Waals surface area contributed by atoms with E-state index < -0.39 is 0 Å². The summed E-state index contributed by atoms with van der Waals surface area (Å²) >= 11 is 0. The molecule has 0 aliphatic heterocycles. The molecule has 0 saturated carbocycles. The zero-order valence-corrected chi connectivity index (χ0v) is 16.1. The molecule has 142 valence electrons.